The van der Waals surface area contributed by atoms with Crippen LogP contribution in [-0.4, -0.2) is 34.1 Å². The maximum absolute atomic E-state index is 11.1. The average Bonchev–Trinajstić information content (AvgIpc) is 2.62. The first-order valence-corrected chi connectivity index (χ1v) is 5.29. The van der Waals surface area contributed by atoms with Crippen LogP contribution in [0.5, 0.6) is 0 Å². The van der Waals surface area contributed by atoms with Gasteiger partial charge in [-0.3, -0.25) is 4.79 Å². The van der Waals surface area contributed by atoms with Gasteiger partial charge >= 0.3 is 5.97 Å². The SMILES string of the molecule is Cc1ccnc(N2CCC(C)(C(=O)O)C2)n1. The highest BCUT2D eigenvalue weighted by molar-refractivity contribution is 5.76. The van der Waals surface area contributed by atoms with Crippen LogP contribution in [0.1, 0.15) is 19.0 Å². The first kappa shape index (κ1) is 10.9. The predicted octanol–water partition coefficient (Wildman–Crippen LogP) is 1.09. The summed E-state index contributed by atoms with van der Waals surface area (Å²) >= 11 is 0. The van der Waals surface area contributed by atoms with E-state index in [1.54, 1.807) is 13.1 Å². The molecule has 1 saturated heterocycles. The molecule has 0 aliphatic carbocycles. The molecule has 1 fully saturated rings. The number of nitrogens with zero attached hydrogens (tertiary/aromatic N) is 3. The van der Waals surface area contributed by atoms with E-state index in [4.69, 9.17) is 5.11 Å². The molecule has 0 amide bonds. The van der Waals surface area contributed by atoms with Crippen LogP contribution in [0.2, 0.25) is 0 Å². The van der Waals surface area contributed by atoms with Crippen LogP contribution in [0.4, 0.5) is 5.95 Å². The van der Waals surface area contributed by atoms with Gasteiger partial charge in [-0.1, -0.05) is 0 Å². The van der Waals surface area contributed by atoms with Gasteiger partial charge in [0, 0.05) is 25.0 Å². The Kier molecular flexibility index (Phi) is 2.53. The van der Waals surface area contributed by atoms with Gasteiger partial charge < -0.3 is 10.0 Å². The minimum absolute atomic E-state index is 0.478. The van der Waals surface area contributed by atoms with Crippen LogP contribution in [0.15, 0.2) is 12.3 Å². The highest BCUT2D eigenvalue weighted by Gasteiger charge is 2.41. The molecular weight excluding hydrogens is 206 g/mol. The van der Waals surface area contributed by atoms with Crippen molar-refractivity contribution in [3.8, 4) is 0 Å². The van der Waals surface area contributed by atoms with E-state index < -0.39 is 11.4 Å². The number of aromatic nitrogens is 2. The molecule has 0 bridgehead atoms. The second kappa shape index (κ2) is 3.73. The zero-order valence-electron chi connectivity index (χ0n) is 9.47. The lowest BCUT2D eigenvalue weighted by Crippen LogP contribution is -2.32. The Balaban J connectivity index is 2.18. The third-order valence-corrected chi connectivity index (χ3v) is 3.05. The van der Waals surface area contributed by atoms with Crippen molar-refractivity contribution in [3.63, 3.8) is 0 Å². The number of carboxylic acid groups (broad SMARTS) is 1. The van der Waals surface area contributed by atoms with Gasteiger partial charge in [-0.2, -0.15) is 0 Å². The summed E-state index contributed by atoms with van der Waals surface area (Å²) < 4.78 is 0. The van der Waals surface area contributed by atoms with Crippen molar-refractivity contribution in [3.05, 3.63) is 18.0 Å². The molecule has 5 heteroatoms. The normalized spacial score (nSPS) is 24.8. The van der Waals surface area contributed by atoms with E-state index in [0.717, 1.165) is 5.69 Å². The first-order valence-electron chi connectivity index (χ1n) is 5.29. The number of hydrogen-bond acceptors (Lipinski definition) is 4. The van der Waals surface area contributed by atoms with Gasteiger partial charge in [-0.05, 0) is 26.3 Å². The van der Waals surface area contributed by atoms with Crippen molar-refractivity contribution in [1.82, 2.24) is 9.97 Å². The van der Waals surface area contributed by atoms with Gasteiger partial charge in [0.25, 0.3) is 0 Å². The molecule has 0 radical (unpaired) electrons. The lowest BCUT2D eigenvalue weighted by Gasteiger charge is -2.20. The molecule has 1 atom stereocenters. The summed E-state index contributed by atoms with van der Waals surface area (Å²) in [4.78, 5) is 21.5. The quantitative estimate of drug-likeness (QED) is 0.809. The number of hydrogen-bond donors (Lipinski definition) is 1. The summed E-state index contributed by atoms with van der Waals surface area (Å²) in [5.41, 5.74) is 0.224. The van der Waals surface area contributed by atoms with E-state index in [2.05, 4.69) is 9.97 Å². The van der Waals surface area contributed by atoms with Crippen molar-refractivity contribution in [2.45, 2.75) is 20.3 Å². The predicted molar refractivity (Wildman–Crippen MR) is 59.3 cm³/mol. The molecule has 1 aromatic rings. The molecule has 1 N–H and O–H groups in total. The number of aliphatic carboxylic acids is 1. The maximum Gasteiger partial charge on any atom is 0.311 e. The fourth-order valence-corrected chi connectivity index (χ4v) is 1.89. The molecule has 16 heavy (non-hydrogen) atoms. The van der Waals surface area contributed by atoms with Crippen LogP contribution in [-0.2, 0) is 4.79 Å². The van der Waals surface area contributed by atoms with E-state index in [9.17, 15) is 4.79 Å². The molecule has 1 aromatic heterocycles. The number of anilines is 1. The molecule has 1 aliphatic rings. The summed E-state index contributed by atoms with van der Waals surface area (Å²) in [6.07, 6.45) is 2.34. The highest BCUT2D eigenvalue weighted by atomic mass is 16.4. The van der Waals surface area contributed by atoms with Crippen LogP contribution in [0, 0.1) is 12.3 Å². The third-order valence-electron chi connectivity index (χ3n) is 3.05. The van der Waals surface area contributed by atoms with E-state index in [0.29, 0.717) is 25.5 Å². The third kappa shape index (κ3) is 1.85. The Morgan fingerprint density at radius 1 is 1.62 bits per heavy atom. The maximum atomic E-state index is 11.1. The second-order valence-corrected chi connectivity index (χ2v) is 4.54. The van der Waals surface area contributed by atoms with Crippen molar-refractivity contribution < 1.29 is 9.90 Å². The molecule has 0 spiro atoms. The minimum atomic E-state index is -0.748. The zero-order valence-corrected chi connectivity index (χ0v) is 9.47. The number of aryl methyl sites for hydroxylation is 1. The summed E-state index contributed by atoms with van der Waals surface area (Å²) in [5, 5.41) is 9.12. The van der Waals surface area contributed by atoms with Gasteiger partial charge in [-0.15, -0.1) is 0 Å². The molecule has 0 saturated carbocycles. The van der Waals surface area contributed by atoms with Gasteiger partial charge in [0.05, 0.1) is 5.41 Å². The monoisotopic (exact) mass is 221 g/mol. The van der Waals surface area contributed by atoms with Gasteiger partial charge in [-0.25, -0.2) is 9.97 Å². The molecule has 1 aliphatic heterocycles. The summed E-state index contributed by atoms with van der Waals surface area (Å²) in [6, 6.07) is 1.83. The van der Waals surface area contributed by atoms with Gasteiger partial charge in [0.2, 0.25) is 5.95 Å². The van der Waals surface area contributed by atoms with Crippen molar-refractivity contribution in [2.75, 3.05) is 18.0 Å². The van der Waals surface area contributed by atoms with Gasteiger partial charge in [0.15, 0.2) is 0 Å². The number of rotatable bonds is 2. The smallest absolute Gasteiger partial charge is 0.311 e. The molecule has 2 heterocycles. The van der Waals surface area contributed by atoms with E-state index in [-0.39, 0.29) is 0 Å². The van der Waals surface area contributed by atoms with Crippen LogP contribution < -0.4 is 4.90 Å². The Labute approximate surface area is 94.1 Å². The highest BCUT2D eigenvalue weighted by Crippen LogP contribution is 2.31. The first-order chi connectivity index (χ1) is 7.51. The summed E-state index contributed by atoms with van der Waals surface area (Å²) in [6.45, 7) is 4.85. The van der Waals surface area contributed by atoms with Crippen LogP contribution >= 0.6 is 0 Å². The fraction of sp³-hybridized carbons (Fsp3) is 0.545. The Bertz CT molecular complexity index is 421. The van der Waals surface area contributed by atoms with E-state index in [1.807, 2.05) is 17.9 Å². The number of carboxylic acids is 1. The Hall–Kier alpha value is -1.65. The van der Waals surface area contributed by atoms with Crippen LogP contribution in [0.3, 0.4) is 0 Å². The molecule has 86 valence electrons. The fourth-order valence-electron chi connectivity index (χ4n) is 1.89. The topological polar surface area (TPSA) is 66.3 Å². The molecule has 5 nitrogen and oxygen atoms in total. The Morgan fingerprint density at radius 2 is 2.38 bits per heavy atom. The second-order valence-electron chi connectivity index (χ2n) is 4.54. The molecular formula is C11H15N3O2. The standard InChI is InChI=1S/C11H15N3O2/c1-8-3-5-12-10(13-8)14-6-4-11(2,7-14)9(15)16/h3,5H,4,6-7H2,1-2H3,(H,15,16). The zero-order chi connectivity index (χ0) is 11.8. The molecule has 2 rings (SSSR count). The molecule has 0 aromatic carbocycles. The van der Waals surface area contributed by atoms with Crippen molar-refractivity contribution in [2.24, 2.45) is 5.41 Å². The van der Waals surface area contributed by atoms with E-state index in [1.165, 1.54) is 0 Å². The number of carbonyl (C=O) groups is 1. The Morgan fingerprint density at radius 3 is 2.94 bits per heavy atom. The minimum Gasteiger partial charge on any atom is -0.481 e. The van der Waals surface area contributed by atoms with Crippen molar-refractivity contribution >= 4 is 11.9 Å². The van der Waals surface area contributed by atoms with Gasteiger partial charge in [0.1, 0.15) is 0 Å². The molecule has 1 unspecified atom stereocenters. The average molecular weight is 221 g/mol. The van der Waals surface area contributed by atoms with E-state index >= 15 is 0 Å². The summed E-state index contributed by atoms with van der Waals surface area (Å²) in [5.74, 6) is -0.118. The lowest BCUT2D eigenvalue weighted by atomic mass is 9.90. The summed E-state index contributed by atoms with van der Waals surface area (Å²) in [7, 11) is 0. The van der Waals surface area contributed by atoms with Crippen molar-refractivity contribution in [1.29, 1.82) is 0 Å². The lowest BCUT2D eigenvalue weighted by molar-refractivity contribution is -0.146. The van der Waals surface area contributed by atoms with Crippen LogP contribution in [0.25, 0.3) is 0 Å². The largest absolute Gasteiger partial charge is 0.481 e.